The lowest BCUT2D eigenvalue weighted by atomic mass is 10.2. The number of rotatable bonds is 4. The van der Waals surface area contributed by atoms with E-state index >= 15 is 0 Å². The quantitative estimate of drug-likeness (QED) is 0.863. The van der Waals surface area contributed by atoms with Crippen LogP contribution in [0.1, 0.15) is 12.1 Å². The fraction of sp³-hybridized carbons (Fsp3) is 0.250. The molecule has 17 heavy (non-hydrogen) atoms. The lowest BCUT2D eigenvalue weighted by Crippen LogP contribution is -2.14. The summed E-state index contributed by atoms with van der Waals surface area (Å²) in [6.45, 7) is 0. The van der Waals surface area contributed by atoms with Crippen LogP contribution < -0.4 is 5.32 Å². The fourth-order valence-corrected chi connectivity index (χ4v) is 1.55. The molecule has 0 unspecified atom stereocenters. The molecule has 5 nitrogen and oxygen atoms in total. The van der Waals surface area contributed by atoms with E-state index in [0.29, 0.717) is 18.8 Å². The minimum absolute atomic E-state index is 0.0719. The van der Waals surface area contributed by atoms with Crippen LogP contribution in [0.2, 0.25) is 0 Å². The van der Waals surface area contributed by atoms with E-state index in [0.717, 1.165) is 5.69 Å². The molecule has 0 aliphatic heterocycles. The lowest BCUT2D eigenvalue weighted by Gasteiger charge is -2.04. The Hall–Kier alpha value is -2.17. The number of hydrogen-bond acceptors (Lipinski definition) is 3. The highest BCUT2D eigenvalue weighted by atomic mass is 16.1. The summed E-state index contributed by atoms with van der Waals surface area (Å²) in [4.78, 5) is 19.5. The molecule has 5 heteroatoms. The van der Waals surface area contributed by atoms with Crippen molar-refractivity contribution in [2.24, 2.45) is 7.05 Å². The molecule has 0 bridgehead atoms. The van der Waals surface area contributed by atoms with Crippen LogP contribution in [-0.2, 0) is 18.3 Å². The summed E-state index contributed by atoms with van der Waals surface area (Å²) >= 11 is 0. The van der Waals surface area contributed by atoms with Crippen LogP contribution in [0.3, 0.4) is 0 Å². The van der Waals surface area contributed by atoms with Crippen molar-refractivity contribution in [2.75, 3.05) is 5.32 Å². The van der Waals surface area contributed by atoms with E-state index in [4.69, 9.17) is 0 Å². The van der Waals surface area contributed by atoms with Crippen LogP contribution in [0.25, 0.3) is 0 Å². The van der Waals surface area contributed by atoms with E-state index in [2.05, 4.69) is 15.3 Å². The third kappa shape index (κ3) is 3.14. The van der Waals surface area contributed by atoms with Crippen molar-refractivity contribution in [3.63, 3.8) is 0 Å². The Kier molecular flexibility index (Phi) is 3.49. The van der Waals surface area contributed by atoms with Crippen LogP contribution in [0.15, 0.2) is 36.8 Å². The maximum atomic E-state index is 11.6. The highest BCUT2D eigenvalue weighted by molar-refractivity contribution is 5.88. The second-order valence-electron chi connectivity index (χ2n) is 3.73. The lowest BCUT2D eigenvalue weighted by molar-refractivity contribution is -0.116. The Balaban J connectivity index is 1.84. The van der Waals surface area contributed by atoms with Gasteiger partial charge in [0.05, 0.1) is 0 Å². The van der Waals surface area contributed by atoms with E-state index in [9.17, 15) is 4.79 Å². The molecule has 0 aromatic carbocycles. The first-order valence-electron chi connectivity index (χ1n) is 5.43. The predicted octanol–water partition coefficient (Wildman–Crippen LogP) is 1.39. The second-order valence-corrected chi connectivity index (χ2v) is 3.73. The van der Waals surface area contributed by atoms with Gasteiger partial charge in [0.2, 0.25) is 11.9 Å². The maximum Gasteiger partial charge on any atom is 0.229 e. The first-order valence-corrected chi connectivity index (χ1v) is 5.43. The molecular formula is C12H14N4O. The standard InChI is InChI=1S/C12H14N4O/c1-16-9-2-4-10(16)5-6-11(17)15-12-13-7-3-8-14-12/h2-4,7-9H,5-6H2,1H3,(H,13,14,15,17). The number of nitrogens with zero attached hydrogens (tertiary/aromatic N) is 3. The monoisotopic (exact) mass is 230 g/mol. The van der Waals surface area contributed by atoms with E-state index in [1.165, 1.54) is 0 Å². The Morgan fingerprint density at radius 3 is 2.76 bits per heavy atom. The van der Waals surface area contributed by atoms with Crippen molar-refractivity contribution in [3.8, 4) is 0 Å². The maximum absolute atomic E-state index is 11.6. The zero-order valence-electron chi connectivity index (χ0n) is 9.63. The first kappa shape index (κ1) is 11.3. The summed E-state index contributed by atoms with van der Waals surface area (Å²) in [6, 6.07) is 5.68. The SMILES string of the molecule is Cn1cccc1CCC(=O)Nc1ncccn1. The van der Waals surface area contributed by atoms with E-state index in [1.807, 2.05) is 29.9 Å². The van der Waals surface area contributed by atoms with E-state index in [1.54, 1.807) is 18.5 Å². The van der Waals surface area contributed by atoms with Crippen LogP contribution in [0.5, 0.6) is 0 Å². The topological polar surface area (TPSA) is 59.8 Å². The van der Waals surface area contributed by atoms with Crippen molar-refractivity contribution < 1.29 is 4.79 Å². The molecule has 0 saturated heterocycles. The number of anilines is 1. The zero-order chi connectivity index (χ0) is 12.1. The molecule has 0 aliphatic rings. The average Bonchev–Trinajstić information content (AvgIpc) is 2.74. The number of aryl methyl sites for hydroxylation is 2. The Labute approximate surface area is 99.5 Å². The summed E-state index contributed by atoms with van der Waals surface area (Å²) in [6.07, 6.45) is 6.30. The molecule has 0 saturated carbocycles. The largest absolute Gasteiger partial charge is 0.354 e. The van der Waals surface area contributed by atoms with E-state index in [-0.39, 0.29) is 5.91 Å². The molecule has 88 valence electrons. The minimum atomic E-state index is -0.0719. The van der Waals surface area contributed by atoms with Gasteiger partial charge in [0.25, 0.3) is 0 Å². The number of carbonyl (C=O) groups is 1. The normalized spacial score (nSPS) is 10.2. The Bertz CT molecular complexity index is 492. The van der Waals surface area contributed by atoms with Crippen LogP contribution in [0, 0.1) is 0 Å². The van der Waals surface area contributed by atoms with Gasteiger partial charge < -0.3 is 4.57 Å². The van der Waals surface area contributed by atoms with Crippen molar-refractivity contribution in [3.05, 3.63) is 42.5 Å². The van der Waals surface area contributed by atoms with Crippen molar-refractivity contribution in [2.45, 2.75) is 12.8 Å². The van der Waals surface area contributed by atoms with Gasteiger partial charge in [-0.25, -0.2) is 9.97 Å². The zero-order valence-corrected chi connectivity index (χ0v) is 9.63. The predicted molar refractivity (Wildman–Crippen MR) is 64.4 cm³/mol. The molecular weight excluding hydrogens is 216 g/mol. The van der Waals surface area contributed by atoms with Crippen molar-refractivity contribution >= 4 is 11.9 Å². The Morgan fingerprint density at radius 1 is 1.35 bits per heavy atom. The van der Waals surface area contributed by atoms with Gasteiger partial charge in [-0.1, -0.05) is 0 Å². The molecule has 1 N–H and O–H groups in total. The van der Waals surface area contributed by atoms with Gasteiger partial charge in [-0.15, -0.1) is 0 Å². The van der Waals surface area contributed by atoms with Gasteiger partial charge in [-0.2, -0.15) is 0 Å². The summed E-state index contributed by atoms with van der Waals surface area (Å²) in [5.74, 6) is 0.279. The summed E-state index contributed by atoms with van der Waals surface area (Å²) in [5, 5.41) is 2.65. The molecule has 2 rings (SSSR count). The third-order valence-corrected chi connectivity index (χ3v) is 2.48. The minimum Gasteiger partial charge on any atom is -0.354 e. The highest BCUT2D eigenvalue weighted by Crippen LogP contribution is 2.04. The molecule has 0 fully saturated rings. The summed E-state index contributed by atoms with van der Waals surface area (Å²) in [7, 11) is 1.97. The number of hydrogen-bond donors (Lipinski definition) is 1. The van der Waals surface area contributed by atoms with Crippen LogP contribution >= 0.6 is 0 Å². The summed E-state index contributed by atoms with van der Waals surface area (Å²) < 4.78 is 2.01. The second kappa shape index (κ2) is 5.25. The highest BCUT2D eigenvalue weighted by Gasteiger charge is 2.05. The van der Waals surface area contributed by atoms with Crippen LogP contribution in [0.4, 0.5) is 5.95 Å². The van der Waals surface area contributed by atoms with Gasteiger partial charge in [0, 0.05) is 37.8 Å². The third-order valence-electron chi connectivity index (χ3n) is 2.48. The van der Waals surface area contributed by atoms with Gasteiger partial charge in [-0.05, 0) is 24.6 Å². The van der Waals surface area contributed by atoms with E-state index < -0.39 is 0 Å². The molecule has 0 atom stereocenters. The number of nitrogens with one attached hydrogen (secondary N) is 1. The fourth-order valence-electron chi connectivity index (χ4n) is 1.55. The number of amides is 1. The van der Waals surface area contributed by atoms with Crippen molar-refractivity contribution in [1.82, 2.24) is 14.5 Å². The molecule has 2 heterocycles. The molecule has 0 aliphatic carbocycles. The number of aromatic nitrogens is 3. The molecule has 2 aromatic rings. The van der Waals surface area contributed by atoms with Gasteiger partial charge in [0.15, 0.2) is 0 Å². The first-order chi connectivity index (χ1) is 8.25. The molecule has 2 aromatic heterocycles. The van der Waals surface area contributed by atoms with Crippen LogP contribution in [-0.4, -0.2) is 20.4 Å². The summed E-state index contributed by atoms with van der Waals surface area (Å²) in [5.41, 5.74) is 1.13. The molecule has 1 amide bonds. The molecule has 0 spiro atoms. The Morgan fingerprint density at radius 2 is 2.12 bits per heavy atom. The molecule has 0 radical (unpaired) electrons. The number of carbonyl (C=O) groups excluding carboxylic acids is 1. The van der Waals surface area contributed by atoms with Crippen molar-refractivity contribution in [1.29, 1.82) is 0 Å². The van der Waals surface area contributed by atoms with Gasteiger partial charge in [0.1, 0.15) is 0 Å². The average molecular weight is 230 g/mol. The van der Waals surface area contributed by atoms with Gasteiger partial charge >= 0.3 is 0 Å². The smallest absolute Gasteiger partial charge is 0.229 e. The van der Waals surface area contributed by atoms with Gasteiger partial charge in [-0.3, -0.25) is 10.1 Å².